The van der Waals surface area contributed by atoms with Crippen LogP contribution in [0.4, 0.5) is 0 Å². The molecule has 16 heavy (non-hydrogen) atoms. The van der Waals surface area contributed by atoms with Crippen molar-refractivity contribution in [1.82, 2.24) is 0 Å². The van der Waals surface area contributed by atoms with Crippen molar-refractivity contribution in [3.8, 4) is 0 Å². The van der Waals surface area contributed by atoms with Gasteiger partial charge in [-0.05, 0) is 27.2 Å². The number of carbonyl (C=O) groups is 1. The van der Waals surface area contributed by atoms with Crippen molar-refractivity contribution in [3.05, 3.63) is 0 Å². The summed E-state index contributed by atoms with van der Waals surface area (Å²) < 4.78 is 5.38. The Morgan fingerprint density at radius 3 is 2.50 bits per heavy atom. The molecule has 1 heterocycles. The number of rotatable bonds is 5. The number of carbonyl (C=O) groups excluding carboxylic acids is 1. The first-order chi connectivity index (χ1) is 7.44. The van der Waals surface area contributed by atoms with Crippen molar-refractivity contribution >= 4 is 5.97 Å². The summed E-state index contributed by atoms with van der Waals surface area (Å²) in [5.41, 5.74) is -0.438. The molecule has 0 saturated carbocycles. The molecule has 0 aromatic heterocycles. The molecule has 94 valence electrons. The Morgan fingerprint density at radius 1 is 1.50 bits per heavy atom. The fourth-order valence-corrected chi connectivity index (χ4v) is 1.59. The highest BCUT2D eigenvalue weighted by molar-refractivity contribution is 5.73. The summed E-state index contributed by atoms with van der Waals surface area (Å²) in [6.07, 6.45) is 2.75. The minimum absolute atomic E-state index is 0.124. The largest absolute Gasteiger partial charge is 0.460 e. The molecule has 2 atom stereocenters. The summed E-state index contributed by atoms with van der Waals surface area (Å²) in [5, 5.41) is 0. The van der Waals surface area contributed by atoms with E-state index in [1.165, 1.54) is 0 Å². The van der Waals surface area contributed by atoms with E-state index in [1.54, 1.807) is 0 Å². The van der Waals surface area contributed by atoms with Crippen molar-refractivity contribution in [2.24, 2.45) is 5.92 Å². The van der Waals surface area contributed by atoms with Crippen LogP contribution < -0.4 is 0 Å². The van der Waals surface area contributed by atoms with Crippen molar-refractivity contribution in [2.75, 3.05) is 6.61 Å². The molecule has 4 heteroatoms. The van der Waals surface area contributed by atoms with Crippen LogP contribution >= 0.6 is 0 Å². The van der Waals surface area contributed by atoms with E-state index in [-0.39, 0.29) is 18.0 Å². The van der Waals surface area contributed by atoms with Crippen LogP contribution in [0, 0.1) is 5.92 Å². The van der Waals surface area contributed by atoms with Gasteiger partial charge in [0.15, 0.2) is 0 Å². The monoisotopic (exact) mass is 230 g/mol. The zero-order valence-corrected chi connectivity index (χ0v) is 10.6. The van der Waals surface area contributed by atoms with Gasteiger partial charge in [-0.25, -0.2) is 9.78 Å². The van der Waals surface area contributed by atoms with E-state index in [2.05, 4.69) is 11.8 Å². The summed E-state index contributed by atoms with van der Waals surface area (Å²) in [6, 6.07) is 0. The summed E-state index contributed by atoms with van der Waals surface area (Å²) in [6.45, 7) is 8.22. The smallest absolute Gasteiger partial charge is 0.312 e. The van der Waals surface area contributed by atoms with Crippen molar-refractivity contribution in [2.45, 2.75) is 58.7 Å². The summed E-state index contributed by atoms with van der Waals surface area (Å²) in [5.74, 6) is -0.359. The van der Waals surface area contributed by atoms with Gasteiger partial charge in [0.1, 0.15) is 18.3 Å². The zero-order valence-electron chi connectivity index (χ0n) is 10.6. The van der Waals surface area contributed by atoms with Gasteiger partial charge in [-0.15, -0.1) is 0 Å². The topological polar surface area (TPSA) is 44.8 Å². The molecule has 1 saturated heterocycles. The van der Waals surface area contributed by atoms with Crippen molar-refractivity contribution in [3.63, 3.8) is 0 Å². The Balaban J connectivity index is 2.50. The highest BCUT2D eigenvalue weighted by Crippen LogP contribution is 2.25. The van der Waals surface area contributed by atoms with Crippen LogP contribution in [0.25, 0.3) is 0 Å². The first-order valence-electron chi connectivity index (χ1n) is 5.95. The van der Waals surface area contributed by atoms with Crippen LogP contribution in [0.3, 0.4) is 0 Å². The quantitative estimate of drug-likeness (QED) is 0.537. The van der Waals surface area contributed by atoms with Crippen LogP contribution in [0.15, 0.2) is 0 Å². The van der Waals surface area contributed by atoms with Crippen molar-refractivity contribution in [1.29, 1.82) is 0 Å². The average Bonchev–Trinajstić information content (AvgIpc) is 2.05. The lowest BCUT2D eigenvalue weighted by atomic mass is 9.95. The number of hydrogen-bond donors (Lipinski definition) is 0. The molecule has 0 aromatic rings. The van der Waals surface area contributed by atoms with Crippen LogP contribution in [0.2, 0.25) is 0 Å². The molecule has 0 amide bonds. The summed E-state index contributed by atoms with van der Waals surface area (Å²) in [7, 11) is 0. The SMILES string of the molecule is CCCCC(C(=O)OC(C)(C)C)C1COO1. The van der Waals surface area contributed by atoms with Gasteiger partial charge in [-0.3, -0.25) is 4.79 Å². The summed E-state index contributed by atoms with van der Waals surface area (Å²) in [4.78, 5) is 21.5. The van der Waals surface area contributed by atoms with Gasteiger partial charge in [-0.1, -0.05) is 19.8 Å². The molecule has 0 spiro atoms. The predicted octanol–water partition coefficient (Wildman–Crippen LogP) is 2.46. The maximum Gasteiger partial charge on any atom is 0.312 e. The highest BCUT2D eigenvalue weighted by atomic mass is 17.2. The second-order valence-corrected chi connectivity index (χ2v) is 5.20. The fraction of sp³-hybridized carbons (Fsp3) is 0.917. The van der Waals surface area contributed by atoms with E-state index >= 15 is 0 Å². The number of ether oxygens (including phenoxy) is 1. The molecule has 1 aliphatic rings. The van der Waals surface area contributed by atoms with Gasteiger partial charge in [0.05, 0.1) is 5.92 Å². The van der Waals surface area contributed by atoms with E-state index in [0.29, 0.717) is 6.61 Å². The maximum atomic E-state index is 11.9. The van der Waals surface area contributed by atoms with Crippen LogP contribution in [0.5, 0.6) is 0 Å². The van der Waals surface area contributed by atoms with E-state index < -0.39 is 5.60 Å². The lowest BCUT2D eigenvalue weighted by Crippen LogP contribution is -2.44. The van der Waals surface area contributed by atoms with Crippen LogP contribution in [-0.2, 0) is 19.3 Å². The molecule has 2 unspecified atom stereocenters. The first-order valence-corrected chi connectivity index (χ1v) is 5.95. The van der Waals surface area contributed by atoms with Gasteiger partial charge in [0.2, 0.25) is 0 Å². The first kappa shape index (κ1) is 13.5. The van der Waals surface area contributed by atoms with E-state index in [1.807, 2.05) is 20.8 Å². The Kier molecular flexibility index (Phi) is 4.74. The Morgan fingerprint density at radius 2 is 2.12 bits per heavy atom. The second-order valence-electron chi connectivity index (χ2n) is 5.20. The van der Waals surface area contributed by atoms with Gasteiger partial charge in [0, 0.05) is 0 Å². The third-order valence-electron chi connectivity index (χ3n) is 2.45. The molecule has 1 fully saturated rings. The van der Waals surface area contributed by atoms with Crippen LogP contribution in [0.1, 0.15) is 47.0 Å². The van der Waals surface area contributed by atoms with Gasteiger partial charge in [-0.2, -0.15) is 0 Å². The molecule has 4 nitrogen and oxygen atoms in total. The molecule has 0 radical (unpaired) electrons. The minimum Gasteiger partial charge on any atom is -0.460 e. The van der Waals surface area contributed by atoms with Gasteiger partial charge < -0.3 is 4.74 Å². The minimum atomic E-state index is -0.438. The Bertz CT molecular complexity index is 228. The standard InChI is InChI=1S/C12H22O4/c1-5-6-7-9(10-8-14-16-10)11(13)15-12(2,3)4/h9-10H,5-8H2,1-4H3. The highest BCUT2D eigenvalue weighted by Gasteiger charge is 2.37. The predicted molar refractivity (Wildman–Crippen MR) is 59.7 cm³/mol. The molecular weight excluding hydrogens is 208 g/mol. The summed E-state index contributed by atoms with van der Waals surface area (Å²) >= 11 is 0. The third-order valence-corrected chi connectivity index (χ3v) is 2.45. The number of esters is 1. The molecule has 0 aliphatic carbocycles. The van der Waals surface area contributed by atoms with E-state index in [0.717, 1.165) is 19.3 Å². The lowest BCUT2D eigenvalue weighted by molar-refractivity contribution is -0.432. The second kappa shape index (κ2) is 5.64. The van der Waals surface area contributed by atoms with Gasteiger partial charge in [0.25, 0.3) is 0 Å². The van der Waals surface area contributed by atoms with Crippen LogP contribution in [-0.4, -0.2) is 24.3 Å². The normalized spacial score (nSPS) is 22.4. The third kappa shape index (κ3) is 4.10. The number of unbranched alkanes of at least 4 members (excludes halogenated alkanes) is 1. The molecular formula is C12H22O4. The fourth-order valence-electron chi connectivity index (χ4n) is 1.59. The van der Waals surface area contributed by atoms with Gasteiger partial charge >= 0.3 is 5.97 Å². The molecule has 0 bridgehead atoms. The Labute approximate surface area is 97.2 Å². The maximum absolute atomic E-state index is 11.9. The van der Waals surface area contributed by atoms with E-state index in [9.17, 15) is 4.79 Å². The molecule has 1 rings (SSSR count). The molecule has 0 aromatic carbocycles. The average molecular weight is 230 g/mol. The molecule has 0 N–H and O–H groups in total. The lowest BCUT2D eigenvalue weighted by Gasteiger charge is -2.32. The van der Waals surface area contributed by atoms with Crippen molar-refractivity contribution < 1.29 is 19.3 Å². The zero-order chi connectivity index (χ0) is 12.2. The Hall–Kier alpha value is -0.610. The van der Waals surface area contributed by atoms with E-state index in [4.69, 9.17) is 9.62 Å². The molecule has 1 aliphatic heterocycles. The number of hydrogen-bond acceptors (Lipinski definition) is 4.